The smallest absolute Gasteiger partial charge is 0.223 e. The van der Waals surface area contributed by atoms with Crippen molar-refractivity contribution in [3.63, 3.8) is 0 Å². The third-order valence-electron chi connectivity index (χ3n) is 5.47. The normalized spacial score (nSPS) is 24.4. The molecule has 1 saturated heterocycles. The maximum Gasteiger partial charge on any atom is 0.223 e. The number of carbonyl (C=O) groups is 1. The number of amides is 1. The molecule has 1 aliphatic carbocycles. The van der Waals surface area contributed by atoms with Gasteiger partial charge in [-0.2, -0.15) is 0 Å². The summed E-state index contributed by atoms with van der Waals surface area (Å²) in [6.45, 7) is 3.15. The summed E-state index contributed by atoms with van der Waals surface area (Å²) in [5.74, 6) is 2.13. The number of H-pyrrole nitrogens is 1. The molecule has 0 radical (unpaired) electrons. The van der Waals surface area contributed by atoms with E-state index in [4.69, 9.17) is 4.98 Å². The molecular weight excluding hydrogens is 298 g/mol. The number of nitrogens with one attached hydrogen (secondary N) is 2. The van der Waals surface area contributed by atoms with E-state index in [1.807, 2.05) is 0 Å². The third-order valence-corrected chi connectivity index (χ3v) is 5.47. The fraction of sp³-hybridized carbons (Fsp3) is 0.500. The molecular formula is C20H25N3O. The van der Waals surface area contributed by atoms with Gasteiger partial charge >= 0.3 is 0 Å². The van der Waals surface area contributed by atoms with Crippen LogP contribution in [-0.4, -0.2) is 22.4 Å². The number of benzene rings is 1. The molecule has 1 saturated carbocycles. The van der Waals surface area contributed by atoms with Crippen LogP contribution in [0.25, 0.3) is 17.1 Å². The Morgan fingerprint density at radius 3 is 2.83 bits per heavy atom. The standard InChI is InChI=1S/C20H25N3O/c1-13-2-4-14(5-3-13)12-19-22-17-7-6-15(11-18(17)23-19)10-16-8-9-21-20(16)24/h6-7,11-13,16H,2-5,8-10H2,1H3,(H,21,24)(H,22,23). The number of imidazole rings is 1. The van der Waals surface area contributed by atoms with Crippen molar-refractivity contribution < 1.29 is 4.79 Å². The van der Waals surface area contributed by atoms with Crippen molar-refractivity contribution in [3.05, 3.63) is 35.2 Å². The van der Waals surface area contributed by atoms with Gasteiger partial charge in [0.05, 0.1) is 11.0 Å². The molecule has 4 nitrogen and oxygen atoms in total. The largest absolute Gasteiger partial charge is 0.356 e. The monoisotopic (exact) mass is 323 g/mol. The number of hydrogen-bond acceptors (Lipinski definition) is 2. The van der Waals surface area contributed by atoms with Gasteiger partial charge in [-0.25, -0.2) is 4.98 Å². The molecule has 1 aromatic carbocycles. The Morgan fingerprint density at radius 2 is 2.08 bits per heavy atom. The molecule has 1 atom stereocenters. The van der Waals surface area contributed by atoms with Gasteiger partial charge in [-0.15, -0.1) is 0 Å². The first-order valence-corrected chi connectivity index (χ1v) is 9.13. The first kappa shape index (κ1) is 15.4. The van der Waals surface area contributed by atoms with Crippen LogP contribution in [0.15, 0.2) is 23.8 Å². The van der Waals surface area contributed by atoms with Gasteiger partial charge in [-0.1, -0.05) is 18.6 Å². The Bertz CT molecular complexity index is 779. The van der Waals surface area contributed by atoms with Crippen LogP contribution in [0, 0.1) is 11.8 Å². The van der Waals surface area contributed by atoms with Gasteiger partial charge in [-0.05, 0) is 68.2 Å². The highest BCUT2D eigenvalue weighted by atomic mass is 16.2. The number of aromatic amines is 1. The molecule has 0 spiro atoms. The fourth-order valence-corrected chi connectivity index (χ4v) is 3.87. The van der Waals surface area contributed by atoms with E-state index in [0.717, 1.165) is 42.2 Å². The van der Waals surface area contributed by atoms with Gasteiger partial charge in [-0.3, -0.25) is 4.79 Å². The second kappa shape index (κ2) is 6.42. The maximum atomic E-state index is 11.8. The Balaban J connectivity index is 1.53. The molecule has 2 heterocycles. The zero-order valence-electron chi connectivity index (χ0n) is 14.3. The van der Waals surface area contributed by atoms with Crippen LogP contribution >= 0.6 is 0 Å². The molecule has 0 bridgehead atoms. The van der Waals surface area contributed by atoms with E-state index in [9.17, 15) is 4.79 Å². The molecule has 2 fully saturated rings. The summed E-state index contributed by atoms with van der Waals surface area (Å²) >= 11 is 0. The summed E-state index contributed by atoms with van der Waals surface area (Å²) in [5, 5.41) is 2.91. The average molecular weight is 323 g/mol. The van der Waals surface area contributed by atoms with E-state index < -0.39 is 0 Å². The predicted molar refractivity (Wildman–Crippen MR) is 96.5 cm³/mol. The molecule has 2 aliphatic rings. The van der Waals surface area contributed by atoms with E-state index in [1.165, 1.54) is 36.8 Å². The lowest BCUT2D eigenvalue weighted by Gasteiger charge is -2.19. The first-order valence-electron chi connectivity index (χ1n) is 9.13. The molecule has 1 aromatic heterocycles. The summed E-state index contributed by atoms with van der Waals surface area (Å²) in [5.41, 5.74) is 4.79. The zero-order valence-corrected chi connectivity index (χ0v) is 14.3. The molecule has 1 amide bonds. The van der Waals surface area contributed by atoms with Crippen LogP contribution in [0.4, 0.5) is 0 Å². The van der Waals surface area contributed by atoms with Gasteiger partial charge in [0.2, 0.25) is 5.91 Å². The van der Waals surface area contributed by atoms with E-state index in [1.54, 1.807) is 0 Å². The lowest BCUT2D eigenvalue weighted by atomic mass is 9.87. The van der Waals surface area contributed by atoms with Crippen LogP contribution in [0.2, 0.25) is 0 Å². The van der Waals surface area contributed by atoms with E-state index in [-0.39, 0.29) is 11.8 Å². The number of carbonyl (C=O) groups excluding carboxylic acids is 1. The third kappa shape index (κ3) is 3.23. The molecule has 24 heavy (non-hydrogen) atoms. The van der Waals surface area contributed by atoms with Crippen LogP contribution in [0.1, 0.15) is 50.4 Å². The van der Waals surface area contributed by atoms with Crippen LogP contribution in [0.3, 0.4) is 0 Å². The highest BCUT2D eigenvalue weighted by Gasteiger charge is 2.24. The topological polar surface area (TPSA) is 57.8 Å². The first-order chi connectivity index (χ1) is 11.7. The lowest BCUT2D eigenvalue weighted by Crippen LogP contribution is -2.20. The van der Waals surface area contributed by atoms with Crippen LogP contribution < -0.4 is 5.32 Å². The zero-order chi connectivity index (χ0) is 16.5. The van der Waals surface area contributed by atoms with Crippen molar-refractivity contribution >= 4 is 23.0 Å². The van der Waals surface area contributed by atoms with Crippen molar-refractivity contribution in [3.8, 4) is 0 Å². The maximum absolute atomic E-state index is 11.8. The van der Waals surface area contributed by atoms with E-state index >= 15 is 0 Å². The van der Waals surface area contributed by atoms with Gasteiger partial charge in [0, 0.05) is 12.5 Å². The molecule has 4 heteroatoms. The summed E-state index contributed by atoms with van der Waals surface area (Å²) in [7, 11) is 0. The van der Waals surface area contributed by atoms with Crippen molar-refractivity contribution in [1.82, 2.24) is 15.3 Å². The molecule has 4 rings (SSSR count). The van der Waals surface area contributed by atoms with Crippen molar-refractivity contribution in [2.24, 2.45) is 11.8 Å². The second-order valence-corrected chi connectivity index (χ2v) is 7.44. The fourth-order valence-electron chi connectivity index (χ4n) is 3.87. The number of rotatable bonds is 3. The number of hydrogen-bond donors (Lipinski definition) is 2. The molecule has 1 aliphatic heterocycles. The van der Waals surface area contributed by atoms with E-state index in [0.29, 0.717) is 0 Å². The highest BCUT2D eigenvalue weighted by Crippen LogP contribution is 2.29. The van der Waals surface area contributed by atoms with Crippen molar-refractivity contribution in [1.29, 1.82) is 0 Å². The lowest BCUT2D eigenvalue weighted by molar-refractivity contribution is -0.122. The van der Waals surface area contributed by atoms with Crippen molar-refractivity contribution in [2.75, 3.05) is 6.54 Å². The Labute approximate surface area is 142 Å². The minimum absolute atomic E-state index is 0.121. The predicted octanol–water partition coefficient (Wildman–Crippen LogP) is 3.84. The van der Waals surface area contributed by atoms with Gasteiger partial charge < -0.3 is 10.3 Å². The van der Waals surface area contributed by atoms with Crippen LogP contribution in [-0.2, 0) is 11.2 Å². The highest BCUT2D eigenvalue weighted by molar-refractivity contribution is 5.81. The summed E-state index contributed by atoms with van der Waals surface area (Å²) < 4.78 is 0. The number of allylic oxidation sites excluding steroid dienone is 1. The molecule has 126 valence electrons. The SMILES string of the molecule is CC1CCC(=Cc2nc3ccc(CC4CCNC4=O)cc3[nH]2)CC1. The number of aromatic nitrogens is 2. The minimum Gasteiger partial charge on any atom is -0.356 e. The molecule has 2 N–H and O–H groups in total. The number of nitrogens with zero attached hydrogens (tertiary/aromatic N) is 1. The quantitative estimate of drug-likeness (QED) is 0.902. The van der Waals surface area contributed by atoms with Gasteiger partial charge in [0.15, 0.2) is 0 Å². The summed E-state index contributed by atoms with van der Waals surface area (Å²) in [4.78, 5) is 19.9. The van der Waals surface area contributed by atoms with Crippen molar-refractivity contribution in [2.45, 2.75) is 45.4 Å². The average Bonchev–Trinajstić information content (AvgIpc) is 3.15. The summed E-state index contributed by atoms with van der Waals surface area (Å²) in [6.07, 6.45) is 8.96. The Hall–Kier alpha value is -2.10. The van der Waals surface area contributed by atoms with Gasteiger partial charge in [0.25, 0.3) is 0 Å². The van der Waals surface area contributed by atoms with Crippen LogP contribution in [0.5, 0.6) is 0 Å². The number of fused-ring (bicyclic) bond motifs is 1. The van der Waals surface area contributed by atoms with E-state index in [2.05, 4.69) is 41.5 Å². The summed E-state index contributed by atoms with van der Waals surface area (Å²) in [6, 6.07) is 6.33. The van der Waals surface area contributed by atoms with Gasteiger partial charge in [0.1, 0.15) is 5.82 Å². The Kier molecular flexibility index (Phi) is 4.13. The molecule has 1 unspecified atom stereocenters. The second-order valence-electron chi connectivity index (χ2n) is 7.44. The Morgan fingerprint density at radius 1 is 1.25 bits per heavy atom. The molecule has 2 aromatic rings. The minimum atomic E-state index is 0.121.